The van der Waals surface area contributed by atoms with E-state index in [1.807, 2.05) is 30.0 Å². The second-order valence-electron chi connectivity index (χ2n) is 3.50. The summed E-state index contributed by atoms with van der Waals surface area (Å²) >= 11 is 6.99. The van der Waals surface area contributed by atoms with Gasteiger partial charge >= 0.3 is 0 Å². The van der Waals surface area contributed by atoms with Gasteiger partial charge in [-0.3, -0.25) is 0 Å². The van der Waals surface area contributed by atoms with E-state index < -0.39 is 0 Å². The molecule has 0 atom stereocenters. The van der Waals surface area contributed by atoms with Crippen LogP contribution in [0.2, 0.25) is 0 Å². The summed E-state index contributed by atoms with van der Waals surface area (Å²) in [6, 6.07) is 8.01. The third kappa shape index (κ3) is 3.68. The van der Waals surface area contributed by atoms with Crippen molar-refractivity contribution in [2.45, 2.75) is 6.92 Å². The molecule has 0 aromatic heterocycles. The number of benzene rings is 1. The molecule has 0 aliphatic heterocycles. The molecule has 2 N–H and O–H groups in total. The van der Waals surface area contributed by atoms with Gasteiger partial charge in [-0.15, -0.1) is 0 Å². The SMILES string of the molecule is CCSCCN(C)c1ccccc1C(N)=S. The third-order valence-corrected chi connectivity index (χ3v) is 3.46. The van der Waals surface area contributed by atoms with Crippen LogP contribution in [0.25, 0.3) is 0 Å². The Balaban J connectivity index is 2.74. The maximum Gasteiger partial charge on any atom is 0.106 e. The van der Waals surface area contributed by atoms with Crippen LogP contribution in [-0.4, -0.2) is 30.1 Å². The van der Waals surface area contributed by atoms with E-state index in [-0.39, 0.29) is 0 Å². The van der Waals surface area contributed by atoms with Crippen molar-refractivity contribution in [1.82, 2.24) is 0 Å². The third-order valence-electron chi connectivity index (χ3n) is 2.36. The molecule has 0 radical (unpaired) electrons. The van der Waals surface area contributed by atoms with Crippen LogP contribution in [0.1, 0.15) is 12.5 Å². The fraction of sp³-hybridized carbons (Fsp3) is 0.417. The van der Waals surface area contributed by atoms with Gasteiger partial charge in [0.1, 0.15) is 4.99 Å². The number of hydrogen-bond acceptors (Lipinski definition) is 3. The lowest BCUT2D eigenvalue weighted by molar-refractivity contribution is 0.975. The molecule has 1 aromatic carbocycles. The first-order valence-electron chi connectivity index (χ1n) is 5.34. The molecule has 1 rings (SSSR count). The highest BCUT2D eigenvalue weighted by Gasteiger charge is 2.08. The average Bonchev–Trinajstić information content (AvgIpc) is 2.29. The fourth-order valence-corrected chi connectivity index (χ4v) is 2.35. The van der Waals surface area contributed by atoms with Crippen LogP contribution in [0.4, 0.5) is 5.69 Å². The molecule has 0 heterocycles. The Labute approximate surface area is 107 Å². The predicted molar refractivity (Wildman–Crippen MR) is 78.6 cm³/mol. The first kappa shape index (κ1) is 13.3. The molecular formula is C12H18N2S2. The highest BCUT2D eigenvalue weighted by molar-refractivity contribution is 7.99. The molecule has 1 aromatic rings. The quantitative estimate of drug-likeness (QED) is 0.624. The first-order chi connectivity index (χ1) is 7.66. The zero-order valence-electron chi connectivity index (χ0n) is 9.77. The molecule has 0 saturated carbocycles. The number of hydrogen-bond donors (Lipinski definition) is 1. The lowest BCUT2D eigenvalue weighted by Crippen LogP contribution is -2.24. The number of nitrogens with two attached hydrogens (primary N) is 1. The lowest BCUT2D eigenvalue weighted by atomic mass is 10.1. The number of anilines is 1. The molecular weight excluding hydrogens is 236 g/mol. The van der Waals surface area contributed by atoms with Crippen molar-refractivity contribution in [3.63, 3.8) is 0 Å². The van der Waals surface area contributed by atoms with Crippen molar-refractivity contribution < 1.29 is 0 Å². The molecule has 16 heavy (non-hydrogen) atoms. The highest BCUT2D eigenvalue weighted by atomic mass is 32.2. The minimum atomic E-state index is 0.464. The van der Waals surface area contributed by atoms with E-state index >= 15 is 0 Å². The van der Waals surface area contributed by atoms with Gasteiger partial charge < -0.3 is 10.6 Å². The Hall–Kier alpha value is -0.740. The molecule has 0 aliphatic carbocycles. The van der Waals surface area contributed by atoms with Gasteiger partial charge in [0.2, 0.25) is 0 Å². The summed E-state index contributed by atoms with van der Waals surface area (Å²) in [4.78, 5) is 2.67. The average molecular weight is 254 g/mol. The summed E-state index contributed by atoms with van der Waals surface area (Å²) in [5, 5.41) is 0. The second kappa shape index (κ2) is 6.76. The van der Waals surface area contributed by atoms with E-state index in [1.54, 1.807) is 0 Å². The maximum atomic E-state index is 5.71. The molecule has 0 fully saturated rings. The van der Waals surface area contributed by atoms with Crippen LogP contribution >= 0.6 is 24.0 Å². The van der Waals surface area contributed by atoms with E-state index in [0.717, 1.165) is 29.3 Å². The highest BCUT2D eigenvalue weighted by Crippen LogP contribution is 2.19. The fourth-order valence-electron chi connectivity index (χ4n) is 1.48. The van der Waals surface area contributed by atoms with Crippen LogP contribution < -0.4 is 10.6 Å². The van der Waals surface area contributed by atoms with Crippen molar-refractivity contribution in [2.75, 3.05) is 30.0 Å². The van der Waals surface area contributed by atoms with Gasteiger partial charge in [-0.25, -0.2) is 0 Å². The number of thiocarbonyl (C=S) groups is 1. The van der Waals surface area contributed by atoms with Crippen molar-refractivity contribution in [1.29, 1.82) is 0 Å². The first-order valence-corrected chi connectivity index (χ1v) is 6.90. The molecule has 0 saturated heterocycles. The predicted octanol–water partition coefficient (Wildman–Crippen LogP) is 2.51. The van der Waals surface area contributed by atoms with Crippen LogP contribution in [0, 0.1) is 0 Å². The molecule has 0 bridgehead atoms. The molecule has 0 unspecified atom stereocenters. The number of para-hydroxylation sites is 1. The Bertz CT molecular complexity index is 353. The zero-order chi connectivity index (χ0) is 12.0. The summed E-state index contributed by atoms with van der Waals surface area (Å²) < 4.78 is 0. The zero-order valence-corrected chi connectivity index (χ0v) is 11.4. The Morgan fingerprint density at radius 2 is 2.12 bits per heavy atom. The van der Waals surface area contributed by atoms with Crippen molar-refractivity contribution in [3.05, 3.63) is 29.8 Å². The van der Waals surface area contributed by atoms with Gasteiger partial charge in [-0.2, -0.15) is 11.8 Å². The van der Waals surface area contributed by atoms with E-state index in [4.69, 9.17) is 18.0 Å². The van der Waals surface area contributed by atoms with Crippen molar-refractivity contribution in [2.24, 2.45) is 5.73 Å². The standard InChI is InChI=1S/C12H18N2S2/c1-3-16-9-8-14(2)11-7-5-4-6-10(11)12(13)15/h4-7H,3,8-9H2,1-2H3,(H2,13,15). The van der Waals surface area contributed by atoms with E-state index in [0.29, 0.717) is 4.99 Å². The number of nitrogens with zero attached hydrogens (tertiary/aromatic N) is 1. The molecule has 4 heteroatoms. The number of thioether (sulfide) groups is 1. The minimum absolute atomic E-state index is 0.464. The summed E-state index contributed by atoms with van der Waals surface area (Å²) in [7, 11) is 2.08. The molecule has 0 spiro atoms. The molecule has 2 nitrogen and oxygen atoms in total. The topological polar surface area (TPSA) is 29.3 Å². The lowest BCUT2D eigenvalue weighted by Gasteiger charge is -2.21. The van der Waals surface area contributed by atoms with Gasteiger partial charge in [0, 0.05) is 30.6 Å². The normalized spacial score (nSPS) is 10.1. The second-order valence-corrected chi connectivity index (χ2v) is 5.33. The van der Waals surface area contributed by atoms with Gasteiger partial charge in [-0.1, -0.05) is 31.3 Å². The molecule has 0 amide bonds. The van der Waals surface area contributed by atoms with Gasteiger partial charge in [-0.05, 0) is 17.9 Å². The van der Waals surface area contributed by atoms with Gasteiger partial charge in [0.25, 0.3) is 0 Å². The Morgan fingerprint density at radius 1 is 1.44 bits per heavy atom. The van der Waals surface area contributed by atoms with Crippen LogP contribution in [0.3, 0.4) is 0 Å². The van der Waals surface area contributed by atoms with E-state index in [9.17, 15) is 0 Å². The van der Waals surface area contributed by atoms with E-state index in [2.05, 4.69) is 24.9 Å². The van der Waals surface area contributed by atoms with E-state index in [1.165, 1.54) is 0 Å². The smallest absolute Gasteiger partial charge is 0.106 e. The van der Waals surface area contributed by atoms with Crippen LogP contribution in [0.5, 0.6) is 0 Å². The Morgan fingerprint density at radius 3 is 2.75 bits per heavy atom. The summed E-state index contributed by atoms with van der Waals surface area (Å²) in [6.45, 7) is 3.19. The molecule has 0 aliphatic rings. The summed E-state index contributed by atoms with van der Waals surface area (Å²) in [5.74, 6) is 2.28. The Kier molecular flexibility index (Phi) is 5.63. The van der Waals surface area contributed by atoms with Crippen LogP contribution in [-0.2, 0) is 0 Å². The van der Waals surface area contributed by atoms with Gasteiger partial charge in [0.05, 0.1) is 0 Å². The maximum absolute atomic E-state index is 5.71. The summed E-state index contributed by atoms with van der Waals surface area (Å²) in [5.41, 5.74) is 7.78. The monoisotopic (exact) mass is 254 g/mol. The largest absolute Gasteiger partial charge is 0.389 e. The minimum Gasteiger partial charge on any atom is -0.389 e. The van der Waals surface area contributed by atoms with Crippen molar-refractivity contribution >= 4 is 34.7 Å². The summed E-state index contributed by atoms with van der Waals surface area (Å²) in [6.07, 6.45) is 0. The molecule has 88 valence electrons. The number of rotatable bonds is 6. The van der Waals surface area contributed by atoms with Gasteiger partial charge in [0.15, 0.2) is 0 Å². The van der Waals surface area contributed by atoms with Crippen molar-refractivity contribution in [3.8, 4) is 0 Å². The van der Waals surface area contributed by atoms with Crippen LogP contribution in [0.15, 0.2) is 24.3 Å².